The summed E-state index contributed by atoms with van der Waals surface area (Å²) < 4.78 is 11.3. The number of hydrogen-bond donors (Lipinski definition) is 1. The van der Waals surface area contributed by atoms with E-state index >= 15 is 0 Å². The third-order valence-corrected chi connectivity index (χ3v) is 4.21. The summed E-state index contributed by atoms with van der Waals surface area (Å²) in [4.78, 5) is 14.7. The Morgan fingerprint density at radius 1 is 1.13 bits per heavy atom. The smallest absolute Gasteiger partial charge is 0.254 e. The molecule has 1 N–H and O–H groups in total. The summed E-state index contributed by atoms with van der Waals surface area (Å²) in [6.07, 6.45) is 0. The quantitative estimate of drug-likeness (QED) is 0.926. The van der Waals surface area contributed by atoms with E-state index in [1.54, 1.807) is 4.90 Å². The Balaban J connectivity index is 1.79. The van der Waals surface area contributed by atoms with E-state index in [4.69, 9.17) is 9.47 Å². The van der Waals surface area contributed by atoms with Gasteiger partial charge in [0.1, 0.15) is 19.3 Å². The molecule has 1 amide bonds. The second-order valence-electron chi connectivity index (χ2n) is 5.58. The van der Waals surface area contributed by atoms with Gasteiger partial charge in [-0.25, -0.2) is 0 Å². The second-order valence-corrected chi connectivity index (χ2v) is 5.58. The van der Waals surface area contributed by atoms with Crippen LogP contribution in [0.3, 0.4) is 0 Å². The summed E-state index contributed by atoms with van der Waals surface area (Å²) in [5, 5.41) is 3.35. The van der Waals surface area contributed by atoms with Crippen molar-refractivity contribution in [2.24, 2.45) is 0 Å². The SMILES string of the molecule is CCN1C(=O)C(c2ccccc2)Nc2cc3c(cc21)OCCO3. The van der Waals surface area contributed by atoms with Crippen molar-refractivity contribution in [3.05, 3.63) is 48.0 Å². The van der Waals surface area contributed by atoms with E-state index in [1.807, 2.05) is 49.4 Å². The van der Waals surface area contributed by atoms with Crippen molar-refractivity contribution in [2.45, 2.75) is 13.0 Å². The molecule has 4 rings (SSSR count). The fourth-order valence-corrected chi connectivity index (χ4v) is 3.11. The minimum atomic E-state index is -0.383. The topological polar surface area (TPSA) is 50.8 Å². The van der Waals surface area contributed by atoms with E-state index in [2.05, 4.69) is 5.32 Å². The normalized spacial score (nSPS) is 19.1. The van der Waals surface area contributed by atoms with E-state index in [0.29, 0.717) is 25.5 Å². The van der Waals surface area contributed by atoms with E-state index < -0.39 is 0 Å². The number of likely N-dealkylation sites (N-methyl/N-ethyl adjacent to an activating group) is 1. The van der Waals surface area contributed by atoms with Crippen molar-refractivity contribution in [1.82, 2.24) is 0 Å². The molecule has 0 radical (unpaired) electrons. The number of rotatable bonds is 2. The fourth-order valence-electron chi connectivity index (χ4n) is 3.11. The molecule has 5 heteroatoms. The number of nitrogens with zero attached hydrogens (tertiary/aromatic N) is 1. The van der Waals surface area contributed by atoms with Crippen LogP contribution in [0.25, 0.3) is 0 Å². The molecule has 0 aliphatic carbocycles. The van der Waals surface area contributed by atoms with E-state index in [9.17, 15) is 4.79 Å². The highest BCUT2D eigenvalue weighted by atomic mass is 16.6. The molecular weight excluding hydrogens is 292 g/mol. The number of carbonyl (C=O) groups excluding carboxylic acids is 1. The predicted octanol–water partition coefficient (Wildman–Crippen LogP) is 2.98. The highest BCUT2D eigenvalue weighted by Gasteiger charge is 2.34. The summed E-state index contributed by atoms with van der Waals surface area (Å²) in [5.41, 5.74) is 2.69. The lowest BCUT2D eigenvalue weighted by Gasteiger charge is -2.36. The zero-order chi connectivity index (χ0) is 15.8. The minimum absolute atomic E-state index is 0.0443. The van der Waals surface area contributed by atoms with E-state index in [1.165, 1.54) is 0 Å². The molecule has 1 unspecified atom stereocenters. The number of nitrogens with one attached hydrogen (secondary N) is 1. The minimum Gasteiger partial charge on any atom is -0.486 e. The maximum absolute atomic E-state index is 12.9. The van der Waals surface area contributed by atoms with Crippen molar-refractivity contribution in [3.8, 4) is 11.5 Å². The molecule has 118 valence electrons. The summed E-state index contributed by atoms with van der Waals surface area (Å²) in [6, 6.07) is 13.2. The van der Waals surface area contributed by atoms with Crippen LogP contribution >= 0.6 is 0 Å². The third-order valence-electron chi connectivity index (χ3n) is 4.21. The van der Waals surface area contributed by atoms with Crippen LogP contribution in [-0.4, -0.2) is 25.7 Å². The highest BCUT2D eigenvalue weighted by Crippen LogP contribution is 2.44. The van der Waals surface area contributed by atoms with Crippen LogP contribution < -0.4 is 19.7 Å². The van der Waals surface area contributed by atoms with Gasteiger partial charge in [-0.2, -0.15) is 0 Å². The van der Waals surface area contributed by atoms with Crippen molar-refractivity contribution < 1.29 is 14.3 Å². The summed E-state index contributed by atoms with van der Waals surface area (Å²) in [5.74, 6) is 1.46. The van der Waals surface area contributed by atoms with Gasteiger partial charge in [-0.05, 0) is 12.5 Å². The zero-order valence-corrected chi connectivity index (χ0v) is 12.9. The first kappa shape index (κ1) is 13.9. The van der Waals surface area contributed by atoms with E-state index in [-0.39, 0.29) is 11.9 Å². The van der Waals surface area contributed by atoms with Crippen LogP contribution in [0.1, 0.15) is 18.5 Å². The fraction of sp³-hybridized carbons (Fsp3) is 0.278. The van der Waals surface area contributed by atoms with Gasteiger partial charge in [0.05, 0.1) is 11.4 Å². The average Bonchev–Trinajstić information content (AvgIpc) is 2.60. The number of ether oxygens (including phenoxy) is 2. The first-order valence-electron chi connectivity index (χ1n) is 7.84. The van der Waals surface area contributed by atoms with Crippen molar-refractivity contribution >= 4 is 17.3 Å². The molecule has 0 aromatic heterocycles. The van der Waals surface area contributed by atoms with Crippen molar-refractivity contribution in [1.29, 1.82) is 0 Å². The first-order chi connectivity index (χ1) is 11.3. The Hall–Kier alpha value is -2.69. The predicted molar refractivity (Wildman–Crippen MR) is 88.3 cm³/mol. The third kappa shape index (κ3) is 2.29. The van der Waals surface area contributed by atoms with Gasteiger partial charge in [0, 0.05) is 18.7 Å². The van der Waals surface area contributed by atoms with Gasteiger partial charge in [0.2, 0.25) is 0 Å². The number of amides is 1. The molecule has 0 fully saturated rings. The molecule has 1 atom stereocenters. The molecule has 2 aliphatic heterocycles. The maximum atomic E-state index is 12.9. The number of carbonyl (C=O) groups is 1. The van der Waals surface area contributed by atoms with E-state index in [0.717, 1.165) is 22.7 Å². The monoisotopic (exact) mass is 310 g/mol. The Morgan fingerprint density at radius 3 is 2.52 bits per heavy atom. The summed E-state index contributed by atoms with van der Waals surface area (Å²) in [6.45, 7) is 3.67. The molecule has 0 saturated heterocycles. The first-order valence-corrected chi connectivity index (χ1v) is 7.84. The van der Waals surface area contributed by atoms with Crippen LogP contribution in [0.5, 0.6) is 11.5 Å². The van der Waals surface area contributed by atoms with Gasteiger partial charge < -0.3 is 19.7 Å². The number of fused-ring (bicyclic) bond motifs is 2. The van der Waals surface area contributed by atoms with Crippen LogP contribution in [0.4, 0.5) is 11.4 Å². The maximum Gasteiger partial charge on any atom is 0.254 e. The molecule has 0 saturated carbocycles. The standard InChI is InChI=1S/C18H18N2O3/c1-2-20-14-11-16-15(22-8-9-23-16)10-13(14)19-17(18(20)21)12-6-4-3-5-7-12/h3-7,10-11,17,19H,2,8-9H2,1H3. The Kier molecular flexibility index (Phi) is 3.33. The molecule has 2 aromatic carbocycles. The van der Waals surface area contributed by atoms with Gasteiger partial charge in [0.25, 0.3) is 5.91 Å². The molecule has 2 aromatic rings. The molecule has 0 spiro atoms. The summed E-state index contributed by atoms with van der Waals surface area (Å²) >= 11 is 0. The van der Waals surface area contributed by atoms with Crippen LogP contribution in [0.2, 0.25) is 0 Å². The lowest BCUT2D eigenvalue weighted by atomic mass is 10.0. The van der Waals surface area contributed by atoms with Gasteiger partial charge in [-0.1, -0.05) is 30.3 Å². The molecular formula is C18H18N2O3. The molecule has 2 aliphatic rings. The summed E-state index contributed by atoms with van der Waals surface area (Å²) in [7, 11) is 0. The molecule has 0 bridgehead atoms. The Bertz CT molecular complexity index is 745. The van der Waals surface area contributed by atoms with Crippen LogP contribution in [0.15, 0.2) is 42.5 Å². The Labute approximate surface area is 134 Å². The number of benzene rings is 2. The van der Waals surface area contributed by atoms with Crippen LogP contribution in [0, 0.1) is 0 Å². The van der Waals surface area contributed by atoms with Gasteiger partial charge in [-0.15, -0.1) is 0 Å². The number of anilines is 2. The lowest BCUT2D eigenvalue weighted by Crippen LogP contribution is -2.42. The van der Waals surface area contributed by atoms with Gasteiger partial charge >= 0.3 is 0 Å². The van der Waals surface area contributed by atoms with Crippen molar-refractivity contribution in [2.75, 3.05) is 30.0 Å². The largest absolute Gasteiger partial charge is 0.486 e. The molecule has 2 heterocycles. The lowest BCUT2D eigenvalue weighted by molar-refractivity contribution is -0.119. The molecule has 23 heavy (non-hydrogen) atoms. The second kappa shape index (κ2) is 5.50. The Morgan fingerprint density at radius 2 is 1.83 bits per heavy atom. The van der Waals surface area contributed by atoms with Crippen molar-refractivity contribution in [3.63, 3.8) is 0 Å². The number of hydrogen-bond acceptors (Lipinski definition) is 4. The van der Waals surface area contributed by atoms with Crippen LogP contribution in [-0.2, 0) is 4.79 Å². The zero-order valence-electron chi connectivity index (χ0n) is 12.9. The van der Waals surface area contributed by atoms with Gasteiger partial charge in [0.15, 0.2) is 11.5 Å². The highest BCUT2D eigenvalue weighted by molar-refractivity contribution is 6.06. The van der Waals surface area contributed by atoms with Gasteiger partial charge in [-0.3, -0.25) is 4.79 Å². The molecule has 5 nitrogen and oxygen atoms in total. The average molecular weight is 310 g/mol.